The SMILES string of the molecule is CN(C)CCc1nc(Cl)c2c(n1)CCC(C)(C)C2. The first-order chi connectivity index (χ1) is 8.37. The van der Waals surface area contributed by atoms with E-state index in [1.165, 1.54) is 17.7 Å². The molecule has 2 rings (SSSR count). The van der Waals surface area contributed by atoms with Gasteiger partial charge in [0.05, 0.1) is 0 Å². The van der Waals surface area contributed by atoms with Crippen LogP contribution in [0.3, 0.4) is 0 Å². The molecule has 3 nitrogen and oxygen atoms in total. The van der Waals surface area contributed by atoms with Crippen LogP contribution in [0.2, 0.25) is 5.15 Å². The number of hydrogen-bond donors (Lipinski definition) is 0. The fourth-order valence-corrected chi connectivity index (χ4v) is 2.66. The summed E-state index contributed by atoms with van der Waals surface area (Å²) in [6.45, 7) is 5.53. The van der Waals surface area contributed by atoms with Gasteiger partial charge in [0, 0.05) is 24.2 Å². The predicted octanol–water partition coefficient (Wildman–Crippen LogP) is 2.75. The molecule has 1 aliphatic rings. The highest BCUT2D eigenvalue weighted by Gasteiger charge is 2.28. The zero-order valence-electron chi connectivity index (χ0n) is 11.8. The van der Waals surface area contributed by atoms with Crippen LogP contribution in [-0.2, 0) is 19.3 Å². The summed E-state index contributed by atoms with van der Waals surface area (Å²) in [4.78, 5) is 11.3. The second-order valence-corrected chi connectivity index (χ2v) is 6.61. The summed E-state index contributed by atoms with van der Waals surface area (Å²) >= 11 is 6.33. The molecular formula is C14H22ClN3. The minimum absolute atomic E-state index is 0.325. The lowest BCUT2D eigenvalue weighted by atomic mass is 9.76. The van der Waals surface area contributed by atoms with E-state index >= 15 is 0 Å². The van der Waals surface area contributed by atoms with Gasteiger partial charge < -0.3 is 4.90 Å². The maximum Gasteiger partial charge on any atom is 0.136 e. The van der Waals surface area contributed by atoms with Gasteiger partial charge >= 0.3 is 0 Å². The molecule has 0 atom stereocenters. The third-order valence-corrected chi connectivity index (χ3v) is 3.88. The van der Waals surface area contributed by atoms with Crippen molar-refractivity contribution in [1.82, 2.24) is 14.9 Å². The first-order valence-corrected chi connectivity index (χ1v) is 6.94. The monoisotopic (exact) mass is 267 g/mol. The Morgan fingerprint density at radius 2 is 2.00 bits per heavy atom. The zero-order chi connectivity index (χ0) is 13.3. The van der Waals surface area contributed by atoms with E-state index in [9.17, 15) is 0 Å². The van der Waals surface area contributed by atoms with Gasteiger partial charge in [0.2, 0.25) is 0 Å². The van der Waals surface area contributed by atoms with Crippen molar-refractivity contribution in [2.24, 2.45) is 5.41 Å². The molecule has 0 saturated heterocycles. The van der Waals surface area contributed by atoms with E-state index in [4.69, 9.17) is 11.6 Å². The Morgan fingerprint density at radius 1 is 1.28 bits per heavy atom. The van der Waals surface area contributed by atoms with Crippen LogP contribution < -0.4 is 0 Å². The van der Waals surface area contributed by atoms with Gasteiger partial charge in [0.15, 0.2) is 0 Å². The molecule has 4 heteroatoms. The van der Waals surface area contributed by atoms with Crippen LogP contribution in [0.4, 0.5) is 0 Å². The molecular weight excluding hydrogens is 246 g/mol. The molecule has 0 bridgehead atoms. The fraction of sp³-hybridized carbons (Fsp3) is 0.714. The van der Waals surface area contributed by atoms with E-state index in [0.717, 1.165) is 31.6 Å². The summed E-state index contributed by atoms with van der Waals surface area (Å²) in [6, 6.07) is 0. The van der Waals surface area contributed by atoms with Crippen molar-refractivity contribution in [2.45, 2.75) is 39.5 Å². The van der Waals surface area contributed by atoms with Crippen LogP contribution in [0.15, 0.2) is 0 Å². The molecule has 0 aromatic carbocycles. The van der Waals surface area contributed by atoms with Crippen molar-refractivity contribution in [2.75, 3.05) is 20.6 Å². The highest BCUT2D eigenvalue weighted by Crippen LogP contribution is 2.36. The summed E-state index contributed by atoms with van der Waals surface area (Å²) in [5, 5.41) is 0.668. The Morgan fingerprint density at radius 3 is 2.67 bits per heavy atom. The number of likely N-dealkylation sites (N-methyl/N-ethyl adjacent to an activating group) is 1. The quantitative estimate of drug-likeness (QED) is 0.789. The number of nitrogens with zero attached hydrogens (tertiary/aromatic N) is 3. The van der Waals surface area contributed by atoms with Crippen molar-refractivity contribution < 1.29 is 0 Å². The molecule has 0 fully saturated rings. The molecule has 0 saturated carbocycles. The van der Waals surface area contributed by atoms with Gasteiger partial charge in [-0.3, -0.25) is 0 Å². The van der Waals surface area contributed by atoms with E-state index in [2.05, 4.69) is 42.8 Å². The van der Waals surface area contributed by atoms with Crippen molar-refractivity contribution in [1.29, 1.82) is 0 Å². The predicted molar refractivity (Wildman–Crippen MR) is 75.1 cm³/mol. The number of hydrogen-bond acceptors (Lipinski definition) is 3. The van der Waals surface area contributed by atoms with Crippen molar-refractivity contribution in [3.63, 3.8) is 0 Å². The van der Waals surface area contributed by atoms with Crippen LogP contribution in [0, 0.1) is 5.41 Å². The van der Waals surface area contributed by atoms with Gasteiger partial charge in [-0.2, -0.15) is 0 Å². The van der Waals surface area contributed by atoms with E-state index in [1.54, 1.807) is 0 Å². The third kappa shape index (κ3) is 3.21. The highest BCUT2D eigenvalue weighted by molar-refractivity contribution is 6.30. The molecule has 0 amide bonds. The second-order valence-electron chi connectivity index (χ2n) is 6.25. The minimum atomic E-state index is 0.325. The number of aryl methyl sites for hydroxylation is 1. The van der Waals surface area contributed by atoms with E-state index < -0.39 is 0 Å². The molecule has 0 radical (unpaired) electrons. The standard InChI is InChI=1S/C14H22ClN3/c1-14(2)7-5-11-10(9-14)13(15)17-12(16-11)6-8-18(3)4/h5-9H2,1-4H3. The van der Waals surface area contributed by atoms with Crippen LogP contribution >= 0.6 is 11.6 Å². The summed E-state index contributed by atoms with van der Waals surface area (Å²) < 4.78 is 0. The first kappa shape index (κ1) is 13.8. The van der Waals surface area contributed by atoms with Crippen LogP contribution in [-0.4, -0.2) is 35.5 Å². The Bertz CT molecular complexity index is 441. The van der Waals surface area contributed by atoms with Gasteiger partial charge in [-0.1, -0.05) is 25.4 Å². The maximum atomic E-state index is 6.33. The molecule has 0 N–H and O–H groups in total. The fourth-order valence-electron chi connectivity index (χ4n) is 2.39. The number of aromatic nitrogens is 2. The van der Waals surface area contributed by atoms with E-state index in [-0.39, 0.29) is 0 Å². The lowest BCUT2D eigenvalue weighted by Crippen LogP contribution is -2.25. The first-order valence-electron chi connectivity index (χ1n) is 6.56. The van der Waals surface area contributed by atoms with E-state index in [0.29, 0.717) is 10.6 Å². The molecule has 0 aliphatic heterocycles. The normalized spacial score (nSPS) is 17.9. The van der Waals surface area contributed by atoms with Gasteiger partial charge in [-0.25, -0.2) is 9.97 Å². The number of rotatable bonds is 3. The largest absolute Gasteiger partial charge is 0.309 e. The van der Waals surface area contributed by atoms with Crippen molar-refractivity contribution in [3.8, 4) is 0 Å². The molecule has 1 aromatic rings. The van der Waals surface area contributed by atoms with Gasteiger partial charge in [-0.05, 0) is 38.8 Å². The van der Waals surface area contributed by atoms with Crippen LogP contribution in [0.5, 0.6) is 0 Å². The van der Waals surface area contributed by atoms with E-state index in [1.807, 2.05) is 0 Å². The number of halogens is 1. The zero-order valence-corrected chi connectivity index (χ0v) is 12.5. The molecule has 0 unspecified atom stereocenters. The summed E-state index contributed by atoms with van der Waals surface area (Å²) in [5.74, 6) is 0.882. The summed E-state index contributed by atoms with van der Waals surface area (Å²) in [5.41, 5.74) is 2.66. The lowest BCUT2D eigenvalue weighted by molar-refractivity contribution is 0.311. The highest BCUT2D eigenvalue weighted by atomic mass is 35.5. The van der Waals surface area contributed by atoms with Gasteiger partial charge in [-0.15, -0.1) is 0 Å². The van der Waals surface area contributed by atoms with Crippen molar-refractivity contribution in [3.05, 3.63) is 22.2 Å². The van der Waals surface area contributed by atoms with Crippen molar-refractivity contribution >= 4 is 11.6 Å². The third-order valence-electron chi connectivity index (χ3n) is 3.57. The molecule has 1 aliphatic carbocycles. The Balaban J connectivity index is 2.22. The number of fused-ring (bicyclic) bond motifs is 1. The Kier molecular flexibility index (Phi) is 3.93. The molecule has 1 aromatic heterocycles. The Hall–Kier alpha value is -0.670. The lowest BCUT2D eigenvalue weighted by Gasteiger charge is -2.31. The van der Waals surface area contributed by atoms with Crippen LogP contribution in [0.25, 0.3) is 0 Å². The molecule has 1 heterocycles. The summed E-state index contributed by atoms with van der Waals surface area (Å²) in [7, 11) is 4.12. The smallest absolute Gasteiger partial charge is 0.136 e. The maximum absolute atomic E-state index is 6.33. The summed E-state index contributed by atoms with van der Waals surface area (Å²) in [6.07, 6.45) is 4.07. The average molecular weight is 268 g/mol. The molecule has 100 valence electrons. The second kappa shape index (κ2) is 5.14. The minimum Gasteiger partial charge on any atom is -0.309 e. The van der Waals surface area contributed by atoms with Gasteiger partial charge in [0.1, 0.15) is 11.0 Å². The Labute approximate surface area is 115 Å². The topological polar surface area (TPSA) is 29.0 Å². The molecule has 18 heavy (non-hydrogen) atoms. The van der Waals surface area contributed by atoms with Crippen LogP contribution in [0.1, 0.15) is 37.4 Å². The average Bonchev–Trinajstić information content (AvgIpc) is 2.27. The molecule has 0 spiro atoms. The van der Waals surface area contributed by atoms with Gasteiger partial charge in [0.25, 0.3) is 0 Å².